The molecule has 0 aromatic heterocycles. The Morgan fingerprint density at radius 3 is 2.00 bits per heavy atom. The zero-order valence-corrected chi connectivity index (χ0v) is 8.14. The lowest BCUT2D eigenvalue weighted by Crippen LogP contribution is -1.92. The molecule has 0 aromatic rings. The van der Waals surface area contributed by atoms with Gasteiger partial charge in [-0.2, -0.15) is 0 Å². The first-order valence-electron chi connectivity index (χ1n) is 3.71. The Labute approximate surface area is 67.9 Å². The van der Waals surface area contributed by atoms with Gasteiger partial charge in [-0.05, 0) is 20.8 Å². The quantitative estimate of drug-likeness (QED) is 0.607. The van der Waals surface area contributed by atoms with Crippen LogP contribution in [0.5, 0.6) is 0 Å². The molecule has 0 fully saturated rings. The molecule has 0 saturated carbocycles. The fraction of sp³-hybridized carbons (Fsp3) is 0.714. The lowest BCUT2D eigenvalue weighted by Gasteiger charge is -2.11. The van der Waals surface area contributed by atoms with Crippen molar-refractivity contribution < 1.29 is 13.6 Å². The molecule has 4 heteroatoms. The first-order chi connectivity index (χ1) is 5.18. The number of hydrogen-bond acceptors (Lipinski definition) is 3. The summed E-state index contributed by atoms with van der Waals surface area (Å²) in [5, 5.41) is 0. The molecule has 66 valence electrons. The number of allylic oxidation sites excluding steroid dienone is 1. The minimum absolute atomic E-state index is 0.404. The van der Waals surface area contributed by atoms with Crippen molar-refractivity contribution in [2.75, 3.05) is 13.2 Å². The molecule has 3 nitrogen and oxygen atoms in total. The Morgan fingerprint density at radius 1 is 1.27 bits per heavy atom. The van der Waals surface area contributed by atoms with E-state index in [1.54, 1.807) is 26.8 Å². The highest BCUT2D eigenvalue weighted by Crippen LogP contribution is 2.49. The van der Waals surface area contributed by atoms with Crippen molar-refractivity contribution in [3.63, 3.8) is 0 Å². The number of hydrogen-bond donors (Lipinski definition) is 0. The normalized spacial score (nSPS) is 12.6. The molecule has 0 radical (unpaired) electrons. The van der Waals surface area contributed by atoms with Gasteiger partial charge in [0.2, 0.25) is 0 Å². The van der Waals surface area contributed by atoms with E-state index in [-0.39, 0.29) is 0 Å². The van der Waals surface area contributed by atoms with Crippen molar-refractivity contribution in [3.8, 4) is 0 Å². The monoisotopic (exact) mass is 178 g/mol. The van der Waals surface area contributed by atoms with Crippen molar-refractivity contribution in [3.05, 3.63) is 11.9 Å². The van der Waals surface area contributed by atoms with Gasteiger partial charge in [-0.15, -0.1) is 0 Å². The van der Waals surface area contributed by atoms with E-state index in [2.05, 4.69) is 0 Å². The van der Waals surface area contributed by atoms with Gasteiger partial charge in [-0.25, -0.2) is 0 Å². The molecule has 0 unspecified atom stereocenters. The predicted octanol–water partition coefficient (Wildman–Crippen LogP) is 2.79. The topological polar surface area (TPSA) is 35.5 Å². The third kappa shape index (κ3) is 4.35. The minimum Gasteiger partial charge on any atom is -0.306 e. The highest BCUT2D eigenvalue weighted by Gasteiger charge is 2.17. The summed E-state index contributed by atoms with van der Waals surface area (Å²) in [6.07, 6.45) is 1.67. The van der Waals surface area contributed by atoms with Crippen molar-refractivity contribution in [2.45, 2.75) is 20.8 Å². The molecule has 0 aliphatic rings. The molecule has 0 bridgehead atoms. The molecule has 0 N–H and O–H groups in total. The Balaban J connectivity index is 4.14. The van der Waals surface area contributed by atoms with Crippen LogP contribution in [0.2, 0.25) is 0 Å². The van der Waals surface area contributed by atoms with Crippen molar-refractivity contribution in [2.24, 2.45) is 0 Å². The molecule has 11 heavy (non-hydrogen) atoms. The standard InChI is InChI=1S/C7H15O3P/c1-4-7-11(8,9-5-2)10-6-3/h4,7H,5-6H2,1-3H3. The molecule has 0 aliphatic heterocycles. The van der Waals surface area contributed by atoms with Gasteiger partial charge in [0.05, 0.1) is 13.2 Å². The van der Waals surface area contributed by atoms with E-state index in [9.17, 15) is 4.57 Å². The summed E-state index contributed by atoms with van der Waals surface area (Å²) in [7, 11) is -2.90. The molecule has 0 amide bonds. The van der Waals surface area contributed by atoms with Crippen LogP contribution in [0.1, 0.15) is 20.8 Å². The summed E-state index contributed by atoms with van der Waals surface area (Å²) < 4.78 is 21.4. The predicted molar refractivity (Wildman–Crippen MR) is 45.7 cm³/mol. The first-order valence-corrected chi connectivity index (χ1v) is 5.32. The van der Waals surface area contributed by atoms with Crippen LogP contribution in [0.3, 0.4) is 0 Å². The second-order valence-corrected chi connectivity index (χ2v) is 3.75. The number of rotatable bonds is 5. The van der Waals surface area contributed by atoms with Gasteiger partial charge in [-0.1, -0.05) is 6.08 Å². The third-order valence-electron chi connectivity index (χ3n) is 0.950. The van der Waals surface area contributed by atoms with Gasteiger partial charge >= 0.3 is 7.60 Å². The van der Waals surface area contributed by atoms with E-state index in [0.717, 1.165) is 0 Å². The summed E-state index contributed by atoms with van der Waals surface area (Å²) in [6, 6.07) is 0. The van der Waals surface area contributed by atoms with Gasteiger partial charge in [0.1, 0.15) is 0 Å². The summed E-state index contributed by atoms with van der Waals surface area (Å²) >= 11 is 0. The molecule has 0 saturated heterocycles. The van der Waals surface area contributed by atoms with Gasteiger partial charge in [0, 0.05) is 5.82 Å². The molecule has 0 heterocycles. The van der Waals surface area contributed by atoms with Crippen molar-refractivity contribution in [1.29, 1.82) is 0 Å². The van der Waals surface area contributed by atoms with Crippen LogP contribution in [0.4, 0.5) is 0 Å². The van der Waals surface area contributed by atoms with Gasteiger partial charge in [-0.3, -0.25) is 4.57 Å². The second kappa shape index (κ2) is 5.53. The lowest BCUT2D eigenvalue weighted by molar-refractivity contribution is 0.229. The molecule has 0 aromatic carbocycles. The lowest BCUT2D eigenvalue weighted by atomic mass is 10.8. The van der Waals surface area contributed by atoms with Crippen LogP contribution < -0.4 is 0 Å². The summed E-state index contributed by atoms with van der Waals surface area (Å²) in [4.78, 5) is 0. The zero-order chi connectivity index (χ0) is 8.74. The maximum absolute atomic E-state index is 11.5. The first kappa shape index (κ1) is 10.9. The molecule has 0 aliphatic carbocycles. The molecule has 0 spiro atoms. The summed E-state index contributed by atoms with van der Waals surface area (Å²) in [5.41, 5.74) is 0. The zero-order valence-electron chi connectivity index (χ0n) is 7.24. The van der Waals surface area contributed by atoms with Gasteiger partial charge in [0.25, 0.3) is 0 Å². The van der Waals surface area contributed by atoms with Crippen LogP contribution in [-0.2, 0) is 13.6 Å². The van der Waals surface area contributed by atoms with Gasteiger partial charge in [0.15, 0.2) is 0 Å². The highest BCUT2D eigenvalue weighted by molar-refractivity contribution is 7.57. The Hall–Kier alpha value is -0.110. The average molecular weight is 178 g/mol. The molecular weight excluding hydrogens is 163 g/mol. The Morgan fingerprint density at radius 2 is 1.73 bits per heavy atom. The van der Waals surface area contributed by atoms with Crippen LogP contribution in [0, 0.1) is 0 Å². The summed E-state index contributed by atoms with van der Waals surface area (Å²) in [5.74, 6) is 1.47. The SMILES string of the molecule is CC=CP(=O)(OCC)OCC. The van der Waals surface area contributed by atoms with Crippen molar-refractivity contribution in [1.82, 2.24) is 0 Å². The van der Waals surface area contributed by atoms with Crippen molar-refractivity contribution >= 4 is 7.60 Å². The summed E-state index contributed by atoms with van der Waals surface area (Å²) in [6.45, 7) is 6.16. The maximum atomic E-state index is 11.5. The van der Waals surface area contributed by atoms with E-state index >= 15 is 0 Å². The van der Waals surface area contributed by atoms with Crippen LogP contribution >= 0.6 is 7.60 Å². The average Bonchev–Trinajstić information content (AvgIpc) is 1.88. The van der Waals surface area contributed by atoms with Crippen LogP contribution in [-0.4, -0.2) is 13.2 Å². The Bertz CT molecular complexity index is 155. The van der Waals surface area contributed by atoms with Gasteiger partial charge < -0.3 is 9.05 Å². The fourth-order valence-corrected chi connectivity index (χ4v) is 2.00. The molecular formula is C7H15O3P. The second-order valence-electron chi connectivity index (χ2n) is 1.86. The van der Waals surface area contributed by atoms with E-state index < -0.39 is 7.60 Å². The van der Waals surface area contributed by atoms with E-state index in [0.29, 0.717) is 13.2 Å². The van der Waals surface area contributed by atoms with E-state index in [1.807, 2.05) is 0 Å². The van der Waals surface area contributed by atoms with E-state index in [1.165, 1.54) is 5.82 Å². The van der Waals surface area contributed by atoms with Crippen LogP contribution in [0.25, 0.3) is 0 Å². The van der Waals surface area contributed by atoms with E-state index in [4.69, 9.17) is 9.05 Å². The smallest absolute Gasteiger partial charge is 0.306 e. The highest BCUT2D eigenvalue weighted by atomic mass is 31.2. The minimum atomic E-state index is -2.90. The third-order valence-corrected chi connectivity index (χ3v) is 2.85. The maximum Gasteiger partial charge on any atom is 0.353 e. The Kier molecular flexibility index (Phi) is 5.47. The van der Waals surface area contributed by atoms with Crippen LogP contribution in [0.15, 0.2) is 11.9 Å². The largest absolute Gasteiger partial charge is 0.353 e. The fourth-order valence-electron chi connectivity index (χ4n) is 0.666. The molecule has 0 atom stereocenters. The molecule has 0 rings (SSSR count).